The number of fused-ring (bicyclic) bond motifs is 2. The number of hydrogen-bond acceptors (Lipinski definition) is 5. The average Bonchev–Trinajstić information content (AvgIpc) is 2.41. The number of nitrogens with one attached hydrogen (secondary N) is 2. The summed E-state index contributed by atoms with van der Waals surface area (Å²) < 4.78 is 0. The summed E-state index contributed by atoms with van der Waals surface area (Å²) in [4.78, 5) is 27.2. The lowest BCUT2D eigenvalue weighted by atomic mass is 10.2. The van der Waals surface area contributed by atoms with Gasteiger partial charge in [0.1, 0.15) is 6.42 Å². The number of nitrogens with zero attached hydrogens (tertiary/aromatic N) is 3. The van der Waals surface area contributed by atoms with Crippen molar-refractivity contribution in [1.29, 1.82) is 0 Å². The van der Waals surface area contributed by atoms with Crippen molar-refractivity contribution in [2.45, 2.75) is 20.3 Å². The standard InChI is InChI=1S/C12H13N5O2/c1-7-9-4-3-5-10(13-9)8(2)15-17-12(19)6-11(18)16-14-7/h3-5H,6H2,1-2H3,(H,16,18)(H,17,19)/b14-7-,15-8-. The molecule has 0 fully saturated rings. The summed E-state index contributed by atoms with van der Waals surface area (Å²) in [5, 5.41) is 7.81. The van der Waals surface area contributed by atoms with Gasteiger partial charge in [-0.2, -0.15) is 10.2 Å². The van der Waals surface area contributed by atoms with Gasteiger partial charge in [-0.1, -0.05) is 6.07 Å². The summed E-state index contributed by atoms with van der Waals surface area (Å²) in [7, 11) is 0. The number of hydrogen-bond donors (Lipinski definition) is 2. The molecule has 0 atom stereocenters. The Balaban J connectivity index is 2.45. The normalized spacial score (nSPS) is 21.8. The van der Waals surface area contributed by atoms with Gasteiger partial charge in [0.15, 0.2) is 0 Å². The zero-order valence-electron chi connectivity index (χ0n) is 10.6. The van der Waals surface area contributed by atoms with Crippen molar-refractivity contribution in [3.63, 3.8) is 0 Å². The summed E-state index contributed by atoms with van der Waals surface area (Å²) in [6.07, 6.45) is -0.324. The smallest absolute Gasteiger partial charge is 0.249 e. The fourth-order valence-corrected chi connectivity index (χ4v) is 1.47. The zero-order valence-corrected chi connectivity index (χ0v) is 10.6. The Hall–Kier alpha value is -2.57. The largest absolute Gasteiger partial charge is 0.273 e. The second-order valence-corrected chi connectivity index (χ2v) is 4.05. The summed E-state index contributed by atoms with van der Waals surface area (Å²) in [5.74, 6) is -0.997. The molecule has 0 aromatic carbocycles. The third-order valence-corrected chi connectivity index (χ3v) is 2.51. The van der Waals surface area contributed by atoms with E-state index in [4.69, 9.17) is 0 Å². The molecule has 19 heavy (non-hydrogen) atoms. The second kappa shape index (κ2) is 5.38. The van der Waals surface area contributed by atoms with Crippen LogP contribution in [0.3, 0.4) is 0 Å². The van der Waals surface area contributed by atoms with Gasteiger partial charge < -0.3 is 0 Å². The highest BCUT2D eigenvalue weighted by Crippen LogP contribution is 2.03. The van der Waals surface area contributed by atoms with Crippen LogP contribution in [0.4, 0.5) is 0 Å². The van der Waals surface area contributed by atoms with E-state index < -0.39 is 11.8 Å². The maximum atomic E-state index is 11.4. The number of pyridine rings is 1. The van der Waals surface area contributed by atoms with Gasteiger partial charge in [0, 0.05) is 0 Å². The first-order valence-electron chi connectivity index (χ1n) is 5.70. The Morgan fingerprint density at radius 1 is 0.947 bits per heavy atom. The van der Waals surface area contributed by atoms with E-state index in [0.717, 1.165) is 0 Å². The molecule has 2 amide bonds. The van der Waals surface area contributed by atoms with Gasteiger partial charge in [-0.15, -0.1) is 0 Å². The van der Waals surface area contributed by atoms with Gasteiger partial charge in [0.05, 0.1) is 22.8 Å². The number of aromatic nitrogens is 1. The summed E-state index contributed by atoms with van der Waals surface area (Å²) in [5.41, 5.74) is 7.00. The monoisotopic (exact) mass is 259 g/mol. The van der Waals surface area contributed by atoms with Gasteiger partial charge in [-0.05, 0) is 26.0 Å². The maximum absolute atomic E-state index is 11.4. The van der Waals surface area contributed by atoms with Crippen LogP contribution in [0.5, 0.6) is 0 Å². The molecule has 7 nitrogen and oxygen atoms in total. The van der Waals surface area contributed by atoms with Crippen molar-refractivity contribution in [3.8, 4) is 0 Å². The molecule has 1 aliphatic heterocycles. The molecule has 2 bridgehead atoms. The van der Waals surface area contributed by atoms with E-state index in [1.165, 1.54) is 0 Å². The third kappa shape index (κ3) is 3.21. The number of carbonyl (C=O) groups is 2. The molecule has 0 aliphatic carbocycles. The topological polar surface area (TPSA) is 95.8 Å². The maximum Gasteiger partial charge on any atom is 0.249 e. The van der Waals surface area contributed by atoms with Crippen molar-refractivity contribution in [3.05, 3.63) is 29.6 Å². The summed E-state index contributed by atoms with van der Waals surface area (Å²) in [6, 6.07) is 5.38. The Morgan fingerprint density at radius 2 is 1.42 bits per heavy atom. The molecule has 0 saturated heterocycles. The molecule has 2 rings (SSSR count). The minimum Gasteiger partial charge on any atom is -0.273 e. The van der Waals surface area contributed by atoms with Crippen molar-refractivity contribution in [1.82, 2.24) is 15.8 Å². The van der Waals surface area contributed by atoms with Crippen molar-refractivity contribution >= 4 is 23.2 Å². The van der Waals surface area contributed by atoms with E-state index >= 15 is 0 Å². The molecule has 1 aromatic heterocycles. The van der Waals surface area contributed by atoms with Gasteiger partial charge in [0.2, 0.25) is 11.8 Å². The molecule has 1 aromatic rings. The van der Waals surface area contributed by atoms with Crippen molar-refractivity contribution in [2.75, 3.05) is 0 Å². The van der Waals surface area contributed by atoms with Crippen LogP contribution in [0.15, 0.2) is 28.4 Å². The van der Waals surface area contributed by atoms with E-state index in [1.807, 2.05) is 6.07 Å². The van der Waals surface area contributed by atoms with Gasteiger partial charge in [0.25, 0.3) is 0 Å². The first-order valence-corrected chi connectivity index (χ1v) is 5.70. The van der Waals surface area contributed by atoms with Crippen molar-refractivity contribution < 1.29 is 9.59 Å². The molecule has 98 valence electrons. The van der Waals surface area contributed by atoms with E-state index in [0.29, 0.717) is 22.8 Å². The van der Waals surface area contributed by atoms with Crippen LogP contribution in [0.1, 0.15) is 31.7 Å². The highest BCUT2D eigenvalue weighted by Gasteiger charge is 2.11. The van der Waals surface area contributed by atoms with Crippen LogP contribution in [-0.2, 0) is 9.59 Å². The van der Waals surface area contributed by atoms with E-state index in [-0.39, 0.29) is 6.42 Å². The fourth-order valence-electron chi connectivity index (χ4n) is 1.47. The lowest BCUT2D eigenvalue weighted by Crippen LogP contribution is -2.29. The molecule has 7 heteroatoms. The van der Waals surface area contributed by atoms with E-state index in [9.17, 15) is 9.59 Å². The average molecular weight is 259 g/mol. The van der Waals surface area contributed by atoms with Gasteiger partial charge >= 0.3 is 0 Å². The van der Waals surface area contributed by atoms with Crippen LogP contribution in [0.25, 0.3) is 0 Å². The third-order valence-electron chi connectivity index (χ3n) is 2.51. The first-order chi connectivity index (χ1) is 9.06. The highest BCUT2D eigenvalue weighted by molar-refractivity contribution is 6.03. The SMILES string of the molecule is C/C1=N/NC(=O)CC(=O)N/N=C(/C)c2cccc1n2. The minimum atomic E-state index is -0.499. The van der Waals surface area contributed by atoms with Crippen molar-refractivity contribution in [2.24, 2.45) is 10.2 Å². The molecule has 1 aliphatic rings. The molecule has 2 heterocycles. The van der Waals surface area contributed by atoms with E-state index in [1.54, 1.807) is 26.0 Å². The van der Waals surface area contributed by atoms with E-state index in [2.05, 4.69) is 26.0 Å². The number of hydrazone groups is 2. The number of rotatable bonds is 0. The lowest BCUT2D eigenvalue weighted by Gasteiger charge is -2.07. The predicted octanol–water partition coefficient (Wildman–Crippen LogP) is 0.166. The number of carbonyl (C=O) groups excluding carboxylic acids is 2. The van der Waals surface area contributed by atoms with Crippen LogP contribution < -0.4 is 10.9 Å². The molecular weight excluding hydrogens is 246 g/mol. The summed E-state index contributed by atoms with van der Waals surface area (Å²) >= 11 is 0. The fraction of sp³-hybridized carbons (Fsp3) is 0.250. The Labute approximate surface area is 109 Å². The quantitative estimate of drug-likeness (QED) is 0.650. The lowest BCUT2D eigenvalue weighted by molar-refractivity contribution is -0.129. The molecule has 2 N–H and O–H groups in total. The van der Waals surface area contributed by atoms with Crippen LogP contribution >= 0.6 is 0 Å². The highest BCUT2D eigenvalue weighted by atomic mass is 16.2. The van der Waals surface area contributed by atoms with Crippen LogP contribution in [-0.4, -0.2) is 28.2 Å². The second-order valence-electron chi connectivity index (χ2n) is 4.05. The molecule has 0 unspecified atom stereocenters. The minimum absolute atomic E-state index is 0.324. The Morgan fingerprint density at radius 3 is 1.89 bits per heavy atom. The van der Waals surface area contributed by atoms with Crippen LogP contribution in [0, 0.1) is 0 Å². The zero-order chi connectivity index (χ0) is 13.8. The Kier molecular flexibility index (Phi) is 3.65. The van der Waals surface area contributed by atoms with Crippen LogP contribution in [0.2, 0.25) is 0 Å². The molecule has 0 spiro atoms. The first kappa shape index (κ1) is 12.9. The molecular formula is C12H13N5O2. The molecule has 0 radical (unpaired) electrons. The summed E-state index contributed by atoms with van der Waals surface area (Å²) in [6.45, 7) is 3.45. The Bertz CT molecular complexity index is 544. The predicted molar refractivity (Wildman–Crippen MR) is 69.6 cm³/mol. The van der Waals surface area contributed by atoms with Gasteiger partial charge in [-0.25, -0.2) is 15.8 Å². The number of amides is 2. The molecule has 0 saturated carbocycles. The van der Waals surface area contributed by atoms with Gasteiger partial charge in [-0.3, -0.25) is 9.59 Å².